The molecule has 3 N–H and O–H groups in total. The van der Waals surface area contributed by atoms with Gasteiger partial charge in [0.2, 0.25) is 11.8 Å². The monoisotopic (exact) mass is 477 g/mol. The third-order valence-corrected chi connectivity index (χ3v) is 6.36. The zero-order chi connectivity index (χ0) is 23.9. The van der Waals surface area contributed by atoms with E-state index in [2.05, 4.69) is 15.3 Å². The van der Waals surface area contributed by atoms with E-state index in [0.29, 0.717) is 24.6 Å². The summed E-state index contributed by atoms with van der Waals surface area (Å²) in [6.45, 7) is 3.73. The number of amides is 2. The van der Waals surface area contributed by atoms with E-state index in [1.54, 1.807) is 29.7 Å². The number of primary amides is 1. The second-order valence-corrected chi connectivity index (χ2v) is 9.16. The Bertz CT molecular complexity index is 1180. The average molecular weight is 478 g/mol. The highest BCUT2D eigenvalue weighted by Gasteiger charge is 2.24. The molecule has 2 aromatic heterocycles. The Balaban J connectivity index is 1.34. The van der Waals surface area contributed by atoms with Gasteiger partial charge in [-0.05, 0) is 44.0 Å². The molecule has 1 aliphatic heterocycles. The van der Waals surface area contributed by atoms with Gasteiger partial charge in [0, 0.05) is 30.1 Å². The molecule has 0 spiro atoms. The van der Waals surface area contributed by atoms with Crippen molar-refractivity contribution in [2.24, 2.45) is 11.7 Å². The zero-order valence-electron chi connectivity index (χ0n) is 18.9. The van der Waals surface area contributed by atoms with Gasteiger partial charge >= 0.3 is 0 Å². The lowest BCUT2D eigenvalue weighted by Crippen LogP contribution is -2.41. The largest absolute Gasteiger partial charge is 0.487 e. The second kappa shape index (κ2) is 10.9. The summed E-state index contributed by atoms with van der Waals surface area (Å²) in [6, 6.07) is 11.2. The number of para-hydroxylation sites is 1. The summed E-state index contributed by atoms with van der Waals surface area (Å²) in [5.74, 6) is 0.745. The van der Waals surface area contributed by atoms with Crippen molar-refractivity contribution >= 4 is 40.7 Å². The second-order valence-electron chi connectivity index (χ2n) is 8.10. The van der Waals surface area contributed by atoms with E-state index in [1.165, 1.54) is 6.08 Å². The van der Waals surface area contributed by atoms with Gasteiger partial charge in [0.05, 0.1) is 28.5 Å². The number of ether oxygens (including phenoxy) is 1. The molecule has 1 aromatic carbocycles. The quantitative estimate of drug-likeness (QED) is 0.478. The van der Waals surface area contributed by atoms with Crippen LogP contribution in [0, 0.1) is 12.8 Å². The fourth-order valence-corrected chi connectivity index (χ4v) is 4.39. The Kier molecular flexibility index (Phi) is 7.54. The molecule has 0 aliphatic carbocycles. The van der Waals surface area contributed by atoms with Crippen LogP contribution in [0.1, 0.15) is 29.1 Å². The van der Waals surface area contributed by atoms with E-state index in [-0.39, 0.29) is 17.7 Å². The van der Waals surface area contributed by atoms with Crippen LogP contribution in [-0.4, -0.2) is 34.9 Å². The highest BCUT2D eigenvalue weighted by Crippen LogP contribution is 2.23. The van der Waals surface area contributed by atoms with Crippen molar-refractivity contribution in [1.82, 2.24) is 9.97 Å². The SMILES string of the molecule is Cc1nc(COc2ccccc2/C=C/C(=O)Nc2ccc(N3CCCC(C(N)=O)C3)nc2)cs1. The molecule has 3 heterocycles. The van der Waals surface area contributed by atoms with Crippen LogP contribution in [0.25, 0.3) is 6.08 Å². The Morgan fingerprint density at radius 2 is 2.15 bits per heavy atom. The van der Waals surface area contributed by atoms with Crippen LogP contribution in [0.15, 0.2) is 54.1 Å². The molecule has 9 heteroatoms. The van der Waals surface area contributed by atoms with Crippen molar-refractivity contribution in [2.45, 2.75) is 26.4 Å². The standard InChI is InChI=1S/C25H27N5O3S/c1-17-28-21(16-34-17)15-33-22-7-3-2-5-18(22)8-11-24(31)29-20-9-10-23(27-13-20)30-12-4-6-19(14-30)25(26)32/h2-3,5,7-11,13,16,19H,4,6,12,14-15H2,1H3,(H2,26,32)(H,29,31)/b11-8+. The number of thiazole rings is 1. The van der Waals surface area contributed by atoms with Crippen molar-refractivity contribution < 1.29 is 14.3 Å². The summed E-state index contributed by atoms with van der Waals surface area (Å²) in [5.41, 5.74) is 7.73. The fourth-order valence-electron chi connectivity index (χ4n) is 3.79. The number of piperidine rings is 1. The molecule has 1 saturated heterocycles. The molecule has 3 aromatic rings. The number of hydrogen-bond donors (Lipinski definition) is 2. The first-order chi connectivity index (χ1) is 16.5. The van der Waals surface area contributed by atoms with Crippen molar-refractivity contribution in [1.29, 1.82) is 0 Å². The first kappa shape index (κ1) is 23.4. The van der Waals surface area contributed by atoms with E-state index < -0.39 is 0 Å². The average Bonchev–Trinajstić information content (AvgIpc) is 3.27. The number of aromatic nitrogens is 2. The minimum atomic E-state index is -0.273. The first-order valence-corrected chi connectivity index (χ1v) is 12.0. The van der Waals surface area contributed by atoms with Gasteiger partial charge in [0.1, 0.15) is 18.2 Å². The number of pyridine rings is 1. The molecule has 0 bridgehead atoms. The van der Waals surface area contributed by atoms with Crippen LogP contribution in [0.4, 0.5) is 11.5 Å². The third-order valence-electron chi connectivity index (χ3n) is 5.54. The van der Waals surface area contributed by atoms with Crippen LogP contribution in [0.5, 0.6) is 5.75 Å². The lowest BCUT2D eigenvalue weighted by molar-refractivity contribution is -0.122. The molecule has 1 unspecified atom stereocenters. The Hall–Kier alpha value is -3.72. The number of hydrogen-bond acceptors (Lipinski definition) is 7. The summed E-state index contributed by atoms with van der Waals surface area (Å²) in [4.78, 5) is 34.9. The molecule has 176 valence electrons. The predicted octanol–water partition coefficient (Wildman–Crippen LogP) is 3.78. The van der Waals surface area contributed by atoms with Crippen LogP contribution in [-0.2, 0) is 16.2 Å². The van der Waals surface area contributed by atoms with Gasteiger partial charge in [0.25, 0.3) is 0 Å². The smallest absolute Gasteiger partial charge is 0.248 e. The highest BCUT2D eigenvalue weighted by molar-refractivity contribution is 7.09. The number of nitrogens with zero attached hydrogens (tertiary/aromatic N) is 3. The van der Waals surface area contributed by atoms with Gasteiger partial charge in [-0.2, -0.15) is 0 Å². The Morgan fingerprint density at radius 3 is 2.88 bits per heavy atom. The number of carbonyl (C=O) groups is 2. The maximum Gasteiger partial charge on any atom is 0.248 e. The topological polar surface area (TPSA) is 110 Å². The van der Waals surface area contributed by atoms with Crippen molar-refractivity contribution in [3.63, 3.8) is 0 Å². The van der Waals surface area contributed by atoms with Crippen LogP contribution >= 0.6 is 11.3 Å². The van der Waals surface area contributed by atoms with Crippen molar-refractivity contribution in [2.75, 3.05) is 23.3 Å². The molecule has 4 rings (SSSR count). The molecule has 8 nitrogen and oxygen atoms in total. The number of carbonyl (C=O) groups excluding carboxylic acids is 2. The van der Waals surface area contributed by atoms with Crippen LogP contribution in [0.2, 0.25) is 0 Å². The van der Waals surface area contributed by atoms with Crippen LogP contribution < -0.4 is 20.7 Å². The molecule has 1 atom stereocenters. The zero-order valence-corrected chi connectivity index (χ0v) is 19.8. The minimum Gasteiger partial charge on any atom is -0.487 e. The fraction of sp³-hybridized carbons (Fsp3) is 0.280. The van der Waals surface area contributed by atoms with Crippen molar-refractivity contribution in [3.05, 3.63) is 70.3 Å². The summed E-state index contributed by atoms with van der Waals surface area (Å²) in [5, 5.41) is 5.79. The number of anilines is 2. The molecule has 0 radical (unpaired) electrons. The van der Waals surface area contributed by atoms with Gasteiger partial charge < -0.3 is 20.7 Å². The van der Waals surface area contributed by atoms with Gasteiger partial charge in [-0.3, -0.25) is 9.59 Å². The van der Waals surface area contributed by atoms with E-state index in [0.717, 1.165) is 41.5 Å². The summed E-state index contributed by atoms with van der Waals surface area (Å²) in [6.07, 6.45) is 6.50. The normalized spacial score (nSPS) is 15.9. The Labute approximate surface area is 202 Å². The number of nitrogens with one attached hydrogen (secondary N) is 1. The van der Waals surface area contributed by atoms with E-state index in [4.69, 9.17) is 10.5 Å². The molecule has 1 fully saturated rings. The molecule has 2 amide bonds. The van der Waals surface area contributed by atoms with Gasteiger partial charge in [0.15, 0.2) is 0 Å². The molecular weight excluding hydrogens is 450 g/mol. The summed E-state index contributed by atoms with van der Waals surface area (Å²) < 4.78 is 5.90. The van der Waals surface area contributed by atoms with Gasteiger partial charge in [-0.1, -0.05) is 18.2 Å². The number of rotatable bonds is 8. The highest BCUT2D eigenvalue weighted by atomic mass is 32.1. The molecule has 34 heavy (non-hydrogen) atoms. The molecular formula is C25H27N5O3S. The van der Waals surface area contributed by atoms with Gasteiger partial charge in [-0.15, -0.1) is 11.3 Å². The predicted molar refractivity (Wildman–Crippen MR) is 134 cm³/mol. The van der Waals surface area contributed by atoms with E-state index in [1.807, 2.05) is 47.5 Å². The number of aryl methyl sites for hydroxylation is 1. The lowest BCUT2D eigenvalue weighted by atomic mass is 9.97. The lowest BCUT2D eigenvalue weighted by Gasteiger charge is -2.32. The third kappa shape index (κ3) is 6.20. The maximum atomic E-state index is 12.4. The minimum absolute atomic E-state index is 0.155. The van der Waals surface area contributed by atoms with E-state index >= 15 is 0 Å². The molecule has 0 saturated carbocycles. The summed E-state index contributed by atoms with van der Waals surface area (Å²) in [7, 11) is 0. The Morgan fingerprint density at radius 1 is 1.29 bits per heavy atom. The van der Waals surface area contributed by atoms with Crippen molar-refractivity contribution in [3.8, 4) is 5.75 Å². The van der Waals surface area contributed by atoms with Crippen LogP contribution in [0.3, 0.4) is 0 Å². The van der Waals surface area contributed by atoms with E-state index in [9.17, 15) is 9.59 Å². The molecule has 1 aliphatic rings. The number of benzene rings is 1. The number of nitrogens with two attached hydrogens (primary N) is 1. The maximum absolute atomic E-state index is 12.4. The van der Waals surface area contributed by atoms with Gasteiger partial charge in [-0.25, -0.2) is 9.97 Å². The summed E-state index contributed by atoms with van der Waals surface area (Å²) >= 11 is 1.58. The first-order valence-electron chi connectivity index (χ1n) is 11.1.